The summed E-state index contributed by atoms with van der Waals surface area (Å²) in [6, 6.07) is 8.24. The van der Waals surface area contributed by atoms with E-state index in [2.05, 4.69) is 25.7 Å². The first-order valence-corrected chi connectivity index (χ1v) is 10.6. The standard InChI is InChI=1S/C21H23BrF2N2O4/c22-15-8-17(23)21(18(24)9-15)28-12-16(27)11-26-5-3-25(4-6-26)10-14-1-2-19-20(7-14)30-13-29-19/h1-2,7-9,16,27H,3-6,10-13H2. The molecule has 6 nitrogen and oxygen atoms in total. The van der Waals surface area contributed by atoms with Gasteiger partial charge in [-0.1, -0.05) is 22.0 Å². The molecule has 1 unspecified atom stereocenters. The molecule has 0 amide bonds. The average molecular weight is 485 g/mol. The molecule has 1 N–H and O–H groups in total. The highest BCUT2D eigenvalue weighted by molar-refractivity contribution is 9.10. The number of ether oxygens (including phenoxy) is 3. The first kappa shape index (κ1) is 21.3. The number of rotatable bonds is 7. The largest absolute Gasteiger partial charge is 0.485 e. The van der Waals surface area contributed by atoms with Crippen LogP contribution >= 0.6 is 15.9 Å². The van der Waals surface area contributed by atoms with Crippen molar-refractivity contribution < 1.29 is 28.1 Å². The van der Waals surface area contributed by atoms with E-state index in [9.17, 15) is 13.9 Å². The molecule has 162 valence electrons. The number of hydrogen-bond acceptors (Lipinski definition) is 6. The molecule has 4 rings (SSSR count). The van der Waals surface area contributed by atoms with Gasteiger partial charge in [0.15, 0.2) is 28.9 Å². The van der Waals surface area contributed by atoms with E-state index < -0.39 is 23.5 Å². The van der Waals surface area contributed by atoms with Crippen molar-refractivity contribution in [2.75, 3.05) is 46.1 Å². The van der Waals surface area contributed by atoms with Gasteiger partial charge >= 0.3 is 0 Å². The summed E-state index contributed by atoms with van der Waals surface area (Å²) in [5.41, 5.74) is 1.17. The molecule has 30 heavy (non-hydrogen) atoms. The molecule has 1 atom stereocenters. The van der Waals surface area contributed by atoms with Gasteiger partial charge < -0.3 is 19.3 Å². The van der Waals surface area contributed by atoms with Crippen molar-refractivity contribution in [1.29, 1.82) is 0 Å². The fourth-order valence-electron chi connectivity index (χ4n) is 3.62. The molecule has 9 heteroatoms. The predicted molar refractivity (Wildman–Crippen MR) is 110 cm³/mol. The van der Waals surface area contributed by atoms with Crippen molar-refractivity contribution in [3.63, 3.8) is 0 Å². The Balaban J connectivity index is 1.21. The lowest BCUT2D eigenvalue weighted by Crippen LogP contribution is -2.48. The van der Waals surface area contributed by atoms with Crippen LogP contribution in [-0.2, 0) is 6.54 Å². The van der Waals surface area contributed by atoms with E-state index in [4.69, 9.17) is 14.2 Å². The molecule has 2 aromatic rings. The Labute approximate surface area is 182 Å². The minimum atomic E-state index is -0.840. The van der Waals surface area contributed by atoms with Gasteiger partial charge in [0.25, 0.3) is 0 Å². The van der Waals surface area contributed by atoms with E-state index in [-0.39, 0.29) is 13.4 Å². The summed E-state index contributed by atoms with van der Waals surface area (Å²) in [7, 11) is 0. The van der Waals surface area contributed by atoms with E-state index in [1.807, 2.05) is 18.2 Å². The van der Waals surface area contributed by atoms with Crippen LogP contribution in [0.4, 0.5) is 8.78 Å². The molecule has 2 aliphatic rings. The second kappa shape index (κ2) is 9.47. The van der Waals surface area contributed by atoms with Crippen molar-refractivity contribution in [1.82, 2.24) is 9.80 Å². The van der Waals surface area contributed by atoms with Crippen LogP contribution < -0.4 is 14.2 Å². The summed E-state index contributed by atoms with van der Waals surface area (Å²) in [5, 5.41) is 10.2. The molecular weight excluding hydrogens is 462 g/mol. The number of aliphatic hydroxyl groups is 1. The maximum absolute atomic E-state index is 13.8. The molecule has 0 bridgehead atoms. The summed E-state index contributed by atoms with van der Waals surface area (Å²) in [4.78, 5) is 4.46. The van der Waals surface area contributed by atoms with Crippen LogP contribution in [0.5, 0.6) is 17.2 Å². The summed E-state index contributed by atoms with van der Waals surface area (Å²) < 4.78 is 43.9. The van der Waals surface area contributed by atoms with Crippen LogP contribution in [-0.4, -0.2) is 67.1 Å². The number of aliphatic hydroxyl groups excluding tert-OH is 1. The Morgan fingerprint density at radius 3 is 2.40 bits per heavy atom. The van der Waals surface area contributed by atoms with Crippen LogP contribution in [0, 0.1) is 11.6 Å². The van der Waals surface area contributed by atoms with Crippen molar-refractivity contribution in [3.05, 3.63) is 52.0 Å². The SMILES string of the molecule is OC(COc1c(F)cc(Br)cc1F)CN1CCN(Cc2ccc3c(c2)OCO3)CC1. The lowest BCUT2D eigenvalue weighted by atomic mass is 10.1. The van der Waals surface area contributed by atoms with Gasteiger partial charge in [-0.2, -0.15) is 0 Å². The number of nitrogens with zero attached hydrogens (tertiary/aromatic N) is 2. The van der Waals surface area contributed by atoms with Gasteiger partial charge in [-0.3, -0.25) is 9.80 Å². The molecule has 0 radical (unpaired) electrons. The molecule has 1 fully saturated rings. The monoisotopic (exact) mass is 484 g/mol. The number of piperazine rings is 1. The first-order chi connectivity index (χ1) is 14.5. The summed E-state index contributed by atoms with van der Waals surface area (Å²) in [5.74, 6) is -0.501. The highest BCUT2D eigenvalue weighted by Crippen LogP contribution is 2.33. The van der Waals surface area contributed by atoms with Crippen molar-refractivity contribution in [2.45, 2.75) is 12.6 Å². The molecule has 0 saturated carbocycles. The van der Waals surface area contributed by atoms with Crippen molar-refractivity contribution >= 4 is 15.9 Å². The number of fused-ring (bicyclic) bond motifs is 1. The molecule has 2 aliphatic heterocycles. The fourth-order valence-corrected chi connectivity index (χ4v) is 4.03. The third-order valence-corrected chi connectivity index (χ3v) is 5.62. The third kappa shape index (κ3) is 5.21. The molecule has 0 spiro atoms. The fraction of sp³-hybridized carbons (Fsp3) is 0.429. The normalized spacial score (nSPS) is 17.9. The third-order valence-electron chi connectivity index (χ3n) is 5.16. The number of halogens is 3. The topological polar surface area (TPSA) is 54.4 Å². The first-order valence-electron chi connectivity index (χ1n) is 9.76. The molecule has 2 aromatic carbocycles. The minimum Gasteiger partial charge on any atom is -0.485 e. The Morgan fingerprint density at radius 2 is 1.67 bits per heavy atom. The van der Waals surface area contributed by atoms with Gasteiger partial charge in [-0.05, 0) is 29.8 Å². The van der Waals surface area contributed by atoms with Crippen LogP contribution in [0.1, 0.15) is 5.56 Å². The van der Waals surface area contributed by atoms with E-state index >= 15 is 0 Å². The summed E-state index contributed by atoms with van der Waals surface area (Å²) in [6.07, 6.45) is -0.840. The van der Waals surface area contributed by atoms with Gasteiger partial charge in [0, 0.05) is 43.7 Å². The lowest BCUT2D eigenvalue weighted by Gasteiger charge is -2.35. The Morgan fingerprint density at radius 1 is 1.00 bits per heavy atom. The molecule has 2 heterocycles. The zero-order chi connectivity index (χ0) is 21.1. The number of hydrogen-bond donors (Lipinski definition) is 1. The molecular formula is C21H23BrF2N2O4. The number of benzene rings is 2. The second-order valence-corrected chi connectivity index (χ2v) is 8.34. The lowest BCUT2D eigenvalue weighted by molar-refractivity contribution is 0.0428. The van der Waals surface area contributed by atoms with Crippen LogP contribution in [0.2, 0.25) is 0 Å². The van der Waals surface area contributed by atoms with Gasteiger partial charge in [0.05, 0.1) is 0 Å². The van der Waals surface area contributed by atoms with E-state index in [0.717, 1.165) is 56.4 Å². The van der Waals surface area contributed by atoms with Crippen LogP contribution in [0.15, 0.2) is 34.8 Å². The zero-order valence-corrected chi connectivity index (χ0v) is 17.9. The Kier molecular flexibility index (Phi) is 6.72. The van der Waals surface area contributed by atoms with E-state index in [0.29, 0.717) is 11.0 Å². The highest BCUT2D eigenvalue weighted by atomic mass is 79.9. The zero-order valence-electron chi connectivity index (χ0n) is 16.3. The number of β-amino-alcohol motifs (C(OH)–C–C–N with tert-alkyl or cyclic N) is 1. The summed E-state index contributed by atoms with van der Waals surface area (Å²) in [6.45, 7) is 4.61. The minimum absolute atomic E-state index is 0.174. The highest BCUT2D eigenvalue weighted by Gasteiger charge is 2.21. The second-order valence-electron chi connectivity index (χ2n) is 7.43. The van der Waals surface area contributed by atoms with E-state index in [1.165, 1.54) is 5.56 Å². The Hall–Kier alpha value is -1.94. The quantitative estimate of drug-likeness (QED) is 0.651. The summed E-state index contributed by atoms with van der Waals surface area (Å²) >= 11 is 3.02. The van der Waals surface area contributed by atoms with Gasteiger partial charge in [0.1, 0.15) is 12.7 Å². The predicted octanol–water partition coefficient (Wildman–Crippen LogP) is 3.01. The molecule has 0 aliphatic carbocycles. The smallest absolute Gasteiger partial charge is 0.231 e. The van der Waals surface area contributed by atoms with Crippen LogP contribution in [0.3, 0.4) is 0 Å². The van der Waals surface area contributed by atoms with Crippen LogP contribution in [0.25, 0.3) is 0 Å². The van der Waals surface area contributed by atoms with E-state index in [1.54, 1.807) is 0 Å². The van der Waals surface area contributed by atoms with Crippen molar-refractivity contribution in [2.24, 2.45) is 0 Å². The van der Waals surface area contributed by atoms with Gasteiger partial charge in [-0.25, -0.2) is 8.78 Å². The maximum atomic E-state index is 13.8. The molecule has 0 aromatic heterocycles. The van der Waals surface area contributed by atoms with Gasteiger partial charge in [0.2, 0.25) is 6.79 Å². The Bertz CT molecular complexity index is 870. The molecule has 1 saturated heterocycles. The van der Waals surface area contributed by atoms with Gasteiger partial charge in [-0.15, -0.1) is 0 Å². The maximum Gasteiger partial charge on any atom is 0.231 e. The average Bonchev–Trinajstić information content (AvgIpc) is 3.16. The van der Waals surface area contributed by atoms with Crippen molar-refractivity contribution in [3.8, 4) is 17.2 Å².